The Labute approximate surface area is 150 Å². The number of aliphatic imine (C=N–C) groups is 1. The first-order chi connectivity index (χ1) is 10.3. The van der Waals surface area contributed by atoms with Crippen LogP contribution in [0.15, 0.2) is 35.3 Å². The maximum atomic E-state index is 5.25. The van der Waals surface area contributed by atoms with E-state index in [1.165, 1.54) is 18.4 Å². The Bertz CT molecular complexity index is 495. The van der Waals surface area contributed by atoms with Crippen LogP contribution in [-0.4, -0.2) is 43.6 Å². The Hall–Kier alpha value is -1.26. The van der Waals surface area contributed by atoms with Crippen molar-refractivity contribution < 1.29 is 0 Å². The molecule has 4 nitrogen and oxygen atoms in total. The summed E-state index contributed by atoms with van der Waals surface area (Å²) in [5, 5.41) is 6.46. The third-order valence-electron chi connectivity index (χ3n) is 3.81. The van der Waals surface area contributed by atoms with Gasteiger partial charge < -0.3 is 10.6 Å². The second-order valence-corrected chi connectivity index (χ2v) is 5.26. The number of nitrogens with one attached hydrogen (secondary N) is 2. The Morgan fingerprint density at radius 3 is 2.82 bits per heavy atom. The molecule has 0 saturated carbocycles. The van der Waals surface area contributed by atoms with Crippen molar-refractivity contribution >= 4 is 29.9 Å². The maximum Gasteiger partial charge on any atom is 0.191 e. The summed E-state index contributed by atoms with van der Waals surface area (Å²) in [5.74, 6) is 3.34. The van der Waals surface area contributed by atoms with Crippen LogP contribution in [0.2, 0.25) is 0 Å². The summed E-state index contributed by atoms with van der Waals surface area (Å²) in [5.41, 5.74) is 1.37. The van der Waals surface area contributed by atoms with E-state index in [4.69, 9.17) is 6.42 Å². The molecule has 120 valence electrons. The van der Waals surface area contributed by atoms with Gasteiger partial charge >= 0.3 is 0 Å². The number of halogens is 1. The zero-order chi connectivity index (χ0) is 14.9. The SMILES string of the molecule is C#CCNC(=NC)NCC1CCCN1Cc1ccccc1.I. The van der Waals surface area contributed by atoms with Crippen LogP contribution in [0.5, 0.6) is 0 Å². The predicted molar refractivity (Wildman–Crippen MR) is 103 cm³/mol. The molecule has 2 rings (SSSR count). The molecule has 1 aromatic carbocycles. The molecule has 1 aliphatic rings. The molecule has 1 unspecified atom stereocenters. The number of likely N-dealkylation sites (tertiary alicyclic amines) is 1. The Balaban J connectivity index is 0.00000242. The number of rotatable bonds is 5. The predicted octanol–water partition coefficient (Wildman–Crippen LogP) is 2.07. The van der Waals surface area contributed by atoms with Crippen molar-refractivity contribution in [1.82, 2.24) is 15.5 Å². The van der Waals surface area contributed by atoms with Gasteiger partial charge in [0, 0.05) is 26.2 Å². The van der Waals surface area contributed by atoms with Gasteiger partial charge in [0.1, 0.15) is 0 Å². The van der Waals surface area contributed by atoms with Crippen molar-refractivity contribution in [1.29, 1.82) is 0 Å². The van der Waals surface area contributed by atoms with Gasteiger partial charge in [-0.1, -0.05) is 36.3 Å². The molecule has 0 aromatic heterocycles. The van der Waals surface area contributed by atoms with Gasteiger partial charge in [0.25, 0.3) is 0 Å². The van der Waals surface area contributed by atoms with E-state index in [-0.39, 0.29) is 24.0 Å². The summed E-state index contributed by atoms with van der Waals surface area (Å²) in [4.78, 5) is 6.71. The highest BCUT2D eigenvalue weighted by atomic mass is 127. The molecule has 1 fully saturated rings. The molecule has 1 aromatic rings. The fourth-order valence-electron chi connectivity index (χ4n) is 2.72. The van der Waals surface area contributed by atoms with Crippen molar-refractivity contribution in [2.45, 2.75) is 25.4 Å². The standard InChI is InChI=1S/C17H24N4.HI/c1-3-11-19-17(18-2)20-13-16-10-7-12-21(16)14-15-8-5-4-6-9-15;/h1,4-6,8-9,16H,7,10-14H2,2H3,(H2,18,19,20);1H. The van der Waals surface area contributed by atoms with E-state index >= 15 is 0 Å². The minimum Gasteiger partial charge on any atom is -0.355 e. The van der Waals surface area contributed by atoms with Crippen LogP contribution in [0.25, 0.3) is 0 Å². The lowest BCUT2D eigenvalue weighted by Crippen LogP contribution is -2.44. The Kier molecular flexibility index (Phi) is 8.94. The first-order valence-corrected chi connectivity index (χ1v) is 7.49. The topological polar surface area (TPSA) is 39.7 Å². The highest BCUT2D eigenvalue weighted by Gasteiger charge is 2.24. The van der Waals surface area contributed by atoms with Gasteiger partial charge in [-0.3, -0.25) is 9.89 Å². The zero-order valence-electron chi connectivity index (χ0n) is 13.1. The molecule has 1 aliphatic heterocycles. The van der Waals surface area contributed by atoms with Crippen LogP contribution in [0, 0.1) is 12.3 Å². The molecular formula is C17H25IN4. The molecule has 1 heterocycles. The quantitative estimate of drug-likeness (QED) is 0.337. The summed E-state index contributed by atoms with van der Waals surface area (Å²) in [6.07, 6.45) is 7.74. The van der Waals surface area contributed by atoms with E-state index in [0.717, 1.165) is 25.6 Å². The van der Waals surface area contributed by atoms with E-state index in [9.17, 15) is 0 Å². The van der Waals surface area contributed by atoms with Gasteiger partial charge in [-0.05, 0) is 24.9 Å². The molecule has 0 aliphatic carbocycles. The lowest BCUT2D eigenvalue weighted by Gasteiger charge is -2.25. The molecular weight excluding hydrogens is 387 g/mol. The highest BCUT2D eigenvalue weighted by Crippen LogP contribution is 2.19. The fraction of sp³-hybridized carbons (Fsp3) is 0.471. The summed E-state index contributed by atoms with van der Waals surface area (Å²) in [7, 11) is 1.77. The minimum atomic E-state index is 0. The third-order valence-corrected chi connectivity index (χ3v) is 3.81. The zero-order valence-corrected chi connectivity index (χ0v) is 15.4. The number of hydrogen-bond donors (Lipinski definition) is 2. The molecule has 1 atom stereocenters. The number of terminal acetylenes is 1. The molecule has 5 heteroatoms. The normalized spacial score (nSPS) is 18.4. The third kappa shape index (κ3) is 5.85. The smallest absolute Gasteiger partial charge is 0.191 e. The van der Waals surface area contributed by atoms with Crippen LogP contribution in [0.4, 0.5) is 0 Å². The van der Waals surface area contributed by atoms with Crippen LogP contribution in [0.1, 0.15) is 18.4 Å². The van der Waals surface area contributed by atoms with Gasteiger partial charge in [0.15, 0.2) is 5.96 Å². The summed E-state index contributed by atoms with van der Waals surface area (Å²) >= 11 is 0. The Morgan fingerprint density at radius 2 is 2.14 bits per heavy atom. The fourth-order valence-corrected chi connectivity index (χ4v) is 2.72. The molecule has 22 heavy (non-hydrogen) atoms. The lowest BCUT2D eigenvalue weighted by atomic mass is 10.2. The number of benzene rings is 1. The van der Waals surface area contributed by atoms with Crippen molar-refractivity contribution in [3.8, 4) is 12.3 Å². The van der Waals surface area contributed by atoms with Crippen LogP contribution >= 0.6 is 24.0 Å². The van der Waals surface area contributed by atoms with Gasteiger partial charge in [-0.25, -0.2) is 0 Å². The van der Waals surface area contributed by atoms with Crippen molar-refractivity contribution in [2.24, 2.45) is 4.99 Å². The van der Waals surface area contributed by atoms with Gasteiger partial charge in [-0.2, -0.15) is 0 Å². The van der Waals surface area contributed by atoms with Crippen molar-refractivity contribution in [3.05, 3.63) is 35.9 Å². The largest absolute Gasteiger partial charge is 0.355 e. The van der Waals surface area contributed by atoms with E-state index in [2.05, 4.69) is 56.8 Å². The second-order valence-electron chi connectivity index (χ2n) is 5.26. The molecule has 0 spiro atoms. The van der Waals surface area contributed by atoms with Crippen molar-refractivity contribution in [3.63, 3.8) is 0 Å². The monoisotopic (exact) mass is 412 g/mol. The van der Waals surface area contributed by atoms with Crippen molar-refractivity contribution in [2.75, 3.05) is 26.7 Å². The van der Waals surface area contributed by atoms with Gasteiger partial charge in [0.05, 0.1) is 6.54 Å². The van der Waals surface area contributed by atoms with E-state index in [0.29, 0.717) is 12.6 Å². The average Bonchev–Trinajstić information content (AvgIpc) is 2.96. The van der Waals surface area contributed by atoms with Crippen LogP contribution in [-0.2, 0) is 6.54 Å². The second kappa shape index (κ2) is 10.5. The molecule has 0 amide bonds. The number of guanidine groups is 1. The van der Waals surface area contributed by atoms with Crippen LogP contribution < -0.4 is 10.6 Å². The van der Waals surface area contributed by atoms with E-state index in [1.807, 2.05) is 0 Å². The first kappa shape index (κ1) is 18.8. The maximum absolute atomic E-state index is 5.25. The van der Waals surface area contributed by atoms with Gasteiger partial charge in [-0.15, -0.1) is 30.4 Å². The molecule has 2 N–H and O–H groups in total. The van der Waals surface area contributed by atoms with Crippen LogP contribution in [0.3, 0.4) is 0 Å². The molecule has 1 saturated heterocycles. The average molecular weight is 412 g/mol. The highest BCUT2D eigenvalue weighted by molar-refractivity contribution is 14.0. The van der Waals surface area contributed by atoms with E-state index < -0.39 is 0 Å². The first-order valence-electron chi connectivity index (χ1n) is 7.49. The summed E-state index contributed by atoms with van der Waals surface area (Å²) in [6.45, 7) is 3.58. The molecule has 0 radical (unpaired) electrons. The molecule has 0 bridgehead atoms. The minimum absolute atomic E-state index is 0. The number of nitrogens with zero attached hydrogens (tertiary/aromatic N) is 2. The Morgan fingerprint density at radius 1 is 1.36 bits per heavy atom. The van der Waals surface area contributed by atoms with Gasteiger partial charge in [0.2, 0.25) is 0 Å². The summed E-state index contributed by atoms with van der Waals surface area (Å²) < 4.78 is 0. The summed E-state index contributed by atoms with van der Waals surface area (Å²) in [6, 6.07) is 11.2. The number of hydrogen-bond acceptors (Lipinski definition) is 2. The lowest BCUT2D eigenvalue weighted by molar-refractivity contribution is 0.245. The van der Waals surface area contributed by atoms with E-state index in [1.54, 1.807) is 7.05 Å².